The van der Waals surface area contributed by atoms with E-state index in [1.54, 1.807) is 24.5 Å². The van der Waals surface area contributed by atoms with Crippen LogP contribution in [-0.4, -0.2) is 41.5 Å². The number of nitrogens with zero attached hydrogens (tertiary/aromatic N) is 2. The summed E-state index contributed by atoms with van der Waals surface area (Å²) in [6, 6.07) is 3.96. The standard InChI is InChI=1S/C14H21N3O/c1-2-13(17-9-3-4-10-17)11-16-14(18)12-5-7-15-8-6-12/h5-8,13H,2-4,9-11H2,1H3,(H,16,18). The first-order valence-corrected chi connectivity index (χ1v) is 6.73. The molecule has 0 aromatic carbocycles. The summed E-state index contributed by atoms with van der Waals surface area (Å²) in [5.41, 5.74) is 0.682. The molecule has 4 heteroatoms. The van der Waals surface area contributed by atoms with E-state index < -0.39 is 0 Å². The van der Waals surface area contributed by atoms with Gasteiger partial charge in [-0.2, -0.15) is 0 Å². The molecule has 1 N–H and O–H groups in total. The number of amides is 1. The molecule has 1 aliphatic heterocycles. The van der Waals surface area contributed by atoms with Gasteiger partial charge in [-0.05, 0) is 44.5 Å². The van der Waals surface area contributed by atoms with Crippen molar-refractivity contribution in [2.75, 3.05) is 19.6 Å². The molecule has 1 saturated heterocycles. The molecule has 0 spiro atoms. The molecule has 4 nitrogen and oxygen atoms in total. The normalized spacial score (nSPS) is 17.6. The van der Waals surface area contributed by atoms with Gasteiger partial charge >= 0.3 is 0 Å². The minimum absolute atomic E-state index is 0.00459. The van der Waals surface area contributed by atoms with Crippen molar-refractivity contribution < 1.29 is 4.79 Å². The first-order valence-electron chi connectivity index (χ1n) is 6.73. The van der Waals surface area contributed by atoms with Gasteiger partial charge in [0.25, 0.3) is 5.91 Å². The summed E-state index contributed by atoms with van der Waals surface area (Å²) in [4.78, 5) is 18.3. The van der Waals surface area contributed by atoms with E-state index in [1.165, 1.54) is 25.9 Å². The van der Waals surface area contributed by atoms with Gasteiger partial charge < -0.3 is 5.32 Å². The predicted octanol–water partition coefficient (Wildman–Crippen LogP) is 1.69. The Kier molecular flexibility index (Phi) is 4.70. The van der Waals surface area contributed by atoms with Crippen molar-refractivity contribution in [3.8, 4) is 0 Å². The van der Waals surface area contributed by atoms with Gasteiger partial charge in [0.2, 0.25) is 0 Å². The van der Waals surface area contributed by atoms with Crippen LogP contribution in [0.5, 0.6) is 0 Å². The van der Waals surface area contributed by atoms with Gasteiger partial charge in [0.15, 0.2) is 0 Å². The van der Waals surface area contributed by atoms with E-state index in [-0.39, 0.29) is 5.91 Å². The number of carbonyl (C=O) groups is 1. The summed E-state index contributed by atoms with van der Waals surface area (Å²) >= 11 is 0. The Labute approximate surface area is 108 Å². The summed E-state index contributed by atoms with van der Waals surface area (Å²) in [5.74, 6) is -0.00459. The molecule has 0 radical (unpaired) electrons. The van der Waals surface area contributed by atoms with Gasteiger partial charge in [-0.3, -0.25) is 14.7 Å². The van der Waals surface area contributed by atoms with Crippen LogP contribution in [0.15, 0.2) is 24.5 Å². The Bertz CT molecular complexity index is 374. The van der Waals surface area contributed by atoms with Gasteiger partial charge in [0.1, 0.15) is 0 Å². The van der Waals surface area contributed by atoms with Crippen LogP contribution in [0, 0.1) is 0 Å². The van der Waals surface area contributed by atoms with E-state index in [1.807, 2.05) is 0 Å². The van der Waals surface area contributed by atoms with Gasteiger partial charge in [0, 0.05) is 30.5 Å². The van der Waals surface area contributed by atoms with E-state index >= 15 is 0 Å². The summed E-state index contributed by atoms with van der Waals surface area (Å²) in [5, 5.41) is 3.02. The molecule has 18 heavy (non-hydrogen) atoms. The molecule has 1 aliphatic rings. The van der Waals surface area contributed by atoms with E-state index in [2.05, 4.69) is 22.1 Å². The molecule has 0 aliphatic carbocycles. The Morgan fingerprint density at radius 3 is 2.67 bits per heavy atom. The first-order chi connectivity index (χ1) is 8.81. The zero-order valence-corrected chi connectivity index (χ0v) is 10.9. The largest absolute Gasteiger partial charge is 0.350 e. The number of pyridine rings is 1. The molecular formula is C14H21N3O. The molecule has 1 aromatic rings. The zero-order chi connectivity index (χ0) is 12.8. The average molecular weight is 247 g/mol. The minimum atomic E-state index is -0.00459. The SMILES string of the molecule is CCC(CNC(=O)c1ccncc1)N1CCCC1. The van der Waals surface area contributed by atoms with Crippen LogP contribution in [0.2, 0.25) is 0 Å². The van der Waals surface area contributed by atoms with Gasteiger partial charge in [0.05, 0.1) is 0 Å². The van der Waals surface area contributed by atoms with Crippen molar-refractivity contribution >= 4 is 5.91 Å². The van der Waals surface area contributed by atoms with Crippen molar-refractivity contribution in [2.45, 2.75) is 32.2 Å². The molecule has 98 valence electrons. The van der Waals surface area contributed by atoms with Crippen LogP contribution < -0.4 is 5.32 Å². The van der Waals surface area contributed by atoms with E-state index in [0.29, 0.717) is 11.6 Å². The fourth-order valence-corrected chi connectivity index (χ4v) is 2.45. The lowest BCUT2D eigenvalue weighted by Gasteiger charge is -2.26. The fraction of sp³-hybridized carbons (Fsp3) is 0.571. The van der Waals surface area contributed by atoms with Crippen LogP contribution in [-0.2, 0) is 0 Å². The lowest BCUT2D eigenvalue weighted by Crippen LogP contribution is -2.42. The maximum absolute atomic E-state index is 11.9. The molecule has 0 bridgehead atoms. The summed E-state index contributed by atoms with van der Waals surface area (Å²) in [6.07, 6.45) is 6.94. The Morgan fingerprint density at radius 1 is 1.39 bits per heavy atom. The number of hydrogen-bond acceptors (Lipinski definition) is 3. The van der Waals surface area contributed by atoms with Gasteiger partial charge in [-0.15, -0.1) is 0 Å². The zero-order valence-electron chi connectivity index (χ0n) is 10.9. The number of rotatable bonds is 5. The molecule has 1 atom stereocenters. The lowest BCUT2D eigenvalue weighted by molar-refractivity contribution is 0.0937. The third-order valence-corrected chi connectivity index (χ3v) is 3.57. The monoisotopic (exact) mass is 247 g/mol. The molecular weight excluding hydrogens is 226 g/mol. The van der Waals surface area contributed by atoms with E-state index in [4.69, 9.17) is 0 Å². The summed E-state index contributed by atoms with van der Waals surface area (Å²) in [6.45, 7) is 5.26. The predicted molar refractivity (Wildman–Crippen MR) is 71.5 cm³/mol. The third-order valence-electron chi connectivity index (χ3n) is 3.57. The number of nitrogens with one attached hydrogen (secondary N) is 1. The number of likely N-dealkylation sites (tertiary alicyclic amines) is 1. The van der Waals surface area contributed by atoms with Crippen molar-refractivity contribution in [1.29, 1.82) is 0 Å². The van der Waals surface area contributed by atoms with Gasteiger partial charge in [-0.25, -0.2) is 0 Å². The van der Waals surface area contributed by atoms with E-state index in [9.17, 15) is 4.79 Å². The first kappa shape index (κ1) is 13.0. The Morgan fingerprint density at radius 2 is 2.06 bits per heavy atom. The fourth-order valence-electron chi connectivity index (χ4n) is 2.45. The molecule has 2 heterocycles. The molecule has 1 amide bonds. The lowest BCUT2D eigenvalue weighted by atomic mass is 10.2. The second-order valence-electron chi connectivity index (χ2n) is 4.75. The van der Waals surface area contributed by atoms with Crippen molar-refractivity contribution in [2.24, 2.45) is 0 Å². The molecule has 1 fully saturated rings. The van der Waals surface area contributed by atoms with Crippen molar-refractivity contribution in [1.82, 2.24) is 15.2 Å². The maximum Gasteiger partial charge on any atom is 0.251 e. The third kappa shape index (κ3) is 3.29. The maximum atomic E-state index is 11.9. The quantitative estimate of drug-likeness (QED) is 0.861. The molecule has 1 aromatic heterocycles. The van der Waals surface area contributed by atoms with Gasteiger partial charge in [-0.1, -0.05) is 6.92 Å². The van der Waals surface area contributed by atoms with Crippen molar-refractivity contribution in [3.05, 3.63) is 30.1 Å². The highest BCUT2D eigenvalue weighted by molar-refractivity contribution is 5.93. The Balaban J connectivity index is 1.84. The van der Waals surface area contributed by atoms with Crippen molar-refractivity contribution in [3.63, 3.8) is 0 Å². The molecule has 2 rings (SSSR count). The highest BCUT2D eigenvalue weighted by Crippen LogP contribution is 2.13. The van der Waals surface area contributed by atoms with Crippen LogP contribution in [0.3, 0.4) is 0 Å². The molecule has 1 unspecified atom stereocenters. The van der Waals surface area contributed by atoms with E-state index in [0.717, 1.165) is 13.0 Å². The highest BCUT2D eigenvalue weighted by atomic mass is 16.1. The topological polar surface area (TPSA) is 45.2 Å². The highest BCUT2D eigenvalue weighted by Gasteiger charge is 2.20. The molecule has 0 saturated carbocycles. The summed E-state index contributed by atoms with van der Waals surface area (Å²) < 4.78 is 0. The number of aromatic nitrogens is 1. The smallest absolute Gasteiger partial charge is 0.251 e. The second kappa shape index (κ2) is 6.50. The minimum Gasteiger partial charge on any atom is -0.350 e. The number of hydrogen-bond donors (Lipinski definition) is 1. The Hall–Kier alpha value is -1.42. The van der Waals surface area contributed by atoms with Crippen LogP contribution in [0.4, 0.5) is 0 Å². The second-order valence-corrected chi connectivity index (χ2v) is 4.75. The van der Waals surface area contributed by atoms with Crippen LogP contribution in [0.25, 0.3) is 0 Å². The summed E-state index contributed by atoms with van der Waals surface area (Å²) in [7, 11) is 0. The average Bonchev–Trinajstić information content (AvgIpc) is 2.94. The van der Waals surface area contributed by atoms with Crippen LogP contribution >= 0.6 is 0 Å². The number of carbonyl (C=O) groups excluding carboxylic acids is 1. The van der Waals surface area contributed by atoms with Crippen LogP contribution in [0.1, 0.15) is 36.5 Å².